The Balaban J connectivity index is 1.66. The summed E-state index contributed by atoms with van der Waals surface area (Å²) >= 11 is 6.09. The molecule has 2 aromatic rings. The van der Waals surface area contributed by atoms with Crippen LogP contribution in [0.25, 0.3) is 5.57 Å². The fraction of sp³-hybridized carbons (Fsp3) is 0.364. The van der Waals surface area contributed by atoms with Crippen LogP contribution in [0.1, 0.15) is 11.1 Å². The van der Waals surface area contributed by atoms with E-state index < -0.39 is 0 Å². The number of rotatable bonds is 6. The van der Waals surface area contributed by atoms with Crippen molar-refractivity contribution in [2.75, 3.05) is 40.5 Å². The van der Waals surface area contributed by atoms with Crippen LogP contribution in [0.15, 0.2) is 48.5 Å². The van der Waals surface area contributed by atoms with Crippen molar-refractivity contribution in [2.45, 2.75) is 12.3 Å². The molecule has 2 heterocycles. The van der Waals surface area contributed by atoms with Gasteiger partial charge in [0, 0.05) is 18.1 Å². The van der Waals surface area contributed by atoms with Gasteiger partial charge in [0.1, 0.15) is 12.3 Å². The van der Waals surface area contributed by atoms with Gasteiger partial charge in [-0.3, -0.25) is 4.90 Å². The predicted octanol–water partition coefficient (Wildman–Crippen LogP) is 3.85. The normalized spacial score (nSPS) is 22.8. The van der Waals surface area contributed by atoms with Crippen molar-refractivity contribution in [1.29, 1.82) is 0 Å². The molecule has 0 aromatic heterocycles. The molecule has 0 aliphatic carbocycles. The van der Waals surface area contributed by atoms with E-state index in [1.165, 1.54) is 0 Å². The maximum absolute atomic E-state index is 6.09. The fourth-order valence-corrected chi connectivity index (χ4v) is 3.65. The number of methoxy groups -OCH3 is 2. The third-order valence-electron chi connectivity index (χ3n) is 5.09. The topological polar surface area (TPSA) is 43.5 Å². The molecule has 2 saturated heterocycles. The van der Waals surface area contributed by atoms with Crippen molar-refractivity contribution in [1.82, 2.24) is 4.90 Å². The van der Waals surface area contributed by atoms with Gasteiger partial charge in [0.2, 0.25) is 0 Å². The summed E-state index contributed by atoms with van der Waals surface area (Å²) < 4.78 is 22.3. The SMILES string of the molecule is COc1ccc(C(=CC2OC2N2CCOCC2)c2ccc(Cl)cc2)cc1OC. The summed E-state index contributed by atoms with van der Waals surface area (Å²) in [6.45, 7) is 3.33. The number of epoxide rings is 1. The molecule has 2 atom stereocenters. The van der Waals surface area contributed by atoms with Crippen LogP contribution in [0, 0.1) is 0 Å². The third kappa shape index (κ3) is 4.18. The van der Waals surface area contributed by atoms with Gasteiger partial charge < -0.3 is 18.9 Å². The van der Waals surface area contributed by atoms with E-state index in [2.05, 4.69) is 11.0 Å². The zero-order valence-electron chi connectivity index (χ0n) is 16.1. The van der Waals surface area contributed by atoms with Crippen LogP contribution in [0.2, 0.25) is 5.02 Å². The lowest BCUT2D eigenvalue weighted by Crippen LogP contribution is -2.39. The Bertz CT molecular complexity index is 846. The van der Waals surface area contributed by atoms with Crippen LogP contribution >= 0.6 is 11.6 Å². The first kappa shape index (κ1) is 19.3. The Morgan fingerprint density at radius 2 is 1.68 bits per heavy atom. The molecule has 0 saturated carbocycles. The van der Waals surface area contributed by atoms with Gasteiger partial charge in [-0.05, 0) is 47.0 Å². The van der Waals surface area contributed by atoms with Crippen LogP contribution in [-0.4, -0.2) is 57.8 Å². The number of hydrogen-bond acceptors (Lipinski definition) is 5. The minimum Gasteiger partial charge on any atom is -0.493 e. The van der Waals surface area contributed by atoms with E-state index in [0.29, 0.717) is 16.5 Å². The molecule has 2 unspecified atom stereocenters. The highest BCUT2D eigenvalue weighted by atomic mass is 35.5. The average Bonchev–Trinajstić information content (AvgIpc) is 3.52. The second-order valence-corrected chi connectivity index (χ2v) is 7.23. The van der Waals surface area contributed by atoms with Gasteiger partial charge in [0.25, 0.3) is 0 Å². The summed E-state index contributed by atoms with van der Waals surface area (Å²) in [6.07, 6.45) is 2.35. The molecule has 6 heteroatoms. The monoisotopic (exact) mass is 401 g/mol. The van der Waals surface area contributed by atoms with Crippen LogP contribution in [0.5, 0.6) is 11.5 Å². The predicted molar refractivity (Wildman–Crippen MR) is 109 cm³/mol. The van der Waals surface area contributed by atoms with Crippen molar-refractivity contribution in [3.05, 3.63) is 64.7 Å². The van der Waals surface area contributed by atoms with Crippen molar-refractivity contribution in [2.24, 2.45) is 0 Å². The van der Waals surface area contributed by atoms with Gasteiger partial charge >= 0.3 is 0 Å². The number of morpholine rings is 1. The highest BCUT2D eigenvalue weighted by molar-refractivity contribution is 6.30. The third-order valence-corrected chi connectivity index (χ3v) is 5.34. The number of nitrogens with zero attached hydrogens (tertiary/aromatic N) is 1. The fourth-order valence-electron chi connectivity index (χ4n) is 3.52. The summed E-state index contributed by atoms with van der Waals surface area (Å²) in [5, 5.41) is 0.712. The first-order valence-corrected chi connectivity index (χ1v) is 9.75. The summed E-state index contributed by atoms with van der Waals surface area (Å²) in [5.74, 6) is 1.40. The quantitative estimate of drug-likeness (QED) is 0.688. The molecule has 0 spiro atoms. The molecule has 2 aromatic carbocycles. The lowest BCUT2D eigenvalue weighted by molar-refractivity contribution is 0.0162. The molecule has 0 N–H and O–H groups in total. The summed E-state index contributed by atoms with van der Waals surface area (Å²) in [6, 6.07) is 13.8. The number of halogens is 1. The van der Waals surface area contributed by atoms with Gasteiger partial charge in [-0.15, -0.1) is 0 Å². The maximum atomic E-state index is 6.09. The summed E-state index contributed by atoms with van der Waals surface area (Å²) in [4.78, 5) is 2.33. The number of benzene rings is 2. The summed E-state index contributed by atoms with van der Waals surface area (Å²) in [5.41, 5.74) is 3.20. The van der Waals surface area contributed by atoms with Crippen molar-refractivity contribution in [3.8, 4) is 11.5 Å². The van der Waals surface area contributed by atoms with Gasteiger partial charge in [-0.1, -0.05) is 29.8 Å². The van der Waals surface area contributed by atoms with E-state index in [9.17, 15) is 0 Å². The molecule has 28 heavy (non-hydrogen) atoms. The second kappa shape index (κ2) is 8.53. The van der Waals surface area contributed by atoms with E-state index >= 15 is 0 Å². The minimum absolute atomic E-state index is 0.0527. The molecular weight excluding hydrogens is 378 g/mol. The Labute approximate surface area is 170 Å². The Kier molecular flexibility index (Phi) is 5.87. The lowest BCUT2D eigenvalue weighted by Gasteiger charge is -2.24. The molecule has 2 fully saturated rings. The van der Waals surface area contributed by atoms with E-state index in [1.807, 2.05) is 42.5 Å². The van der Waals surface area contributed by atoms with E-state index in [0.717, 1.165) is 43.0 Å². The van der Waals surface area contributed by atoms with Crippen LogP contribution < -0.4 is 9.47 Å². The van der Waals surface area contributed by atoms with Gasteiger partial charge in [0.05, 0.1) is 27.4 Å². The maximum Gasteiger partial charge on any atom is 0.161 e. The second-order valence-electron chi connectivity index (χ2n) is 6.80. The first-order valence-electron chi connectivity index (χ1n) is 9.37. The number of hydrogen-bond donors (Lipinski definition) is 0. The Morgan fingerprint density at radius 1 is 1.00 bits per heavy atom. The standard InChI is InChI=1S/C22H24ClNO4/c1-25-19-8-5-16(13-20(19)26-2)18(15-3-6-17(23)7-4-15)14-21-22(28-21)24-9-11-27-12-10-24/h3-8,13-14,21-22H,9-12H2,1-2H3. The average molecular weight is 402 g/mol. The van der Waals surface area contributed by atoms with Crippen LogP contribution in [0.3, 0.4) is 0 Å². The first-order chi connectivity index (χ1) is 13.7. The smallest absolute Gasteiger partial charge is 0.161 e. The largest absolute Gasteiger partial charge is 0.493 e. The molecule has 0 radical (unpaired) electrons. The van der Waals surface area contributed by atoms with Gasteiger partial charge in [-0.25, -0.2) is 0 Å². The lowest BCUT2D eigenvalue weighted by atomic mass is 9.96. The molecule has 0 amide bonds. The Morgan fingerprint density at radius 3 is 2.36 bits per heavy atom. The zero-order valence-corrected chi connectivity index (χ0v) is 16.8. The van der Waals surface area contributed by atoms with Gasteiger partial charge in [-0.2, -0.15) is 0 Å². The number of ether oxygens (including phenoxy) is 4. The molecule has 2 aliphatic rings. The molecule has 0 bridgehead atoms. The Hall–Kier alpha value is -2.05. The van der Waals surface area contributed by atoms with Crippen molar-refractivity contribution >= 4 is 17.2 Å². The molecule has 2 aliphatic heterocycles. The molecular formula is C22H24ClNO4. The molecule has 148 valence electrons. The minimum atomic E-state index is 0.0527. The van der Waals surface area contributed by atoms with Crippen molar-refractivity contribution in [3.63, 3.8) is 0 Å². The molecule has 4 rings (SSSR count). The van der Waals surface area contributed by atoms with E-state index in [1.54, 1.807) is 14.2 Å². The van der Waals surface area contributed by atoms with Crippen LogP contribution in [0.4, 0.5) is 0 Å². The van der Waals surface area contributed by atoms with E-state index in [-0.39, 0.29) is 12.3 Å². The van der Waals surface area contributed by atoms with Crippen LogP contribution in [-0.2, 0) is 9.47 Å². The zero-order chi connectivity index (χ0) is 19.5. The van der Waals surface area contributed by atoms with Crippen molar-refractivity contribution < 1.29 is 18.9 Å². The van der Waals surface area contributed by atoms with Gasteiger partial charge in [0.15, 0.2) is 11.5 Å². The van der Waals surface area contributed by atoms with E-state index in [4.69, 9.17) is 30.5 Å². The summed E-state index contributed by atoms with van der Waals surface area (Å²) in [7, 11) is 3.28. The molecule has 5 nitrogen and oxygen atoms in total. The highest BCUT2D eigenvalue weighted by Gasteiger charge is 2.42. The highest BCUT2D eigenvalue weighted by Crippen LogP contribution is 2.36.